The van der Waals surface area contributed by atoms with Gasteiger partial charge in [0.25, 0.3) is 5.91 Å². The van der Waals surface area contributed by atoms with Crippen molar-refractivity contribution in [2.24, 2.45) is 23.7 Å². The van der Waals surface area contributed by atoms with E-state index in [9.17, 15) is 28.0 Å². The van der Waals surface area contributed by atoms with Crippen LogP contribution in [0.25, 0.3) is 21.3 Å². The van der Waals surface area contributed by atoms with E-state index in [-0.39, 0.29) is 28.3 Å². The summed E-state index contributed by atoms with van der Waals surface area (Å²) in [5, 5.41) is 11.2. The fraction of sp³-hybridized carbons (Fsp3) is 0.292. The highest BCUT2D eigenvalue weighted by Gasteiger charge is 2.51. The molecular weight excluding hydrogens is 453 g/mol. The summed E-state index contributed by atoms with van der Waals surface area (Å²) < 4.78 is 40.8. The summed E-state index contributed by atoms with van der Waals surface area (Å²) in [5.41, 5.74) is 0.104. The number of benzene rings is 2. The lowest BCUT2D eigenvalue weighted by Gasteiger charge is -2.27. The number of carbonyl (C=O) groups is 2. The van der Waals surface area contributed by atoms with Crippen molar-refractivity contribution in [2.75, 3.05) is 5.06 Å². The molecule has 1 fully saturated rings. The molecule has 0 spiro atoms. The molecule has 33 heavy (non-hydrogen) atoms. The maximum absolute atomic E-state index is 13.4. The number of alkyl halides is 3. The van der Waals surface area contributed by atoms with Crippen LogP contribution in [0.5, 0.6) is 0 Å². The number of carbonyl (C=O) groups excluding carboxylic acids is 2. The van der Waals surface area contributed by atoms with E-state index >= 15 is 0 Å². The molecule has 0 radical (unpaired) electrons. The Morgan fingerprint density at radius 3 is 2.48 bits per heavy atom. The zero-order valence-corrected chi connectivity index (χ0v) is 18.2. The molecule has 0 saturated heterocycles. The second-order valence-electron chi connectivity index (χ2n) is 8.48. The average Bonchev–Trinajstić information content (AvgIpc) is 3.51. The molecule has 1 saturated carbocycles. The summed E-state index contributed by atoms with van der Waals surface area (Å²) in [7, 11) is 0. The molecule has 2 bridgehead atoms. The van der Waals surface area contributed by atoms with Crippen LogP contribution in [0.15, 0.2) is 54.6 Å². The third-order valence-electron chi connectivity index (χ3n) is 6.52. The van der Waals surface area contributed by atoms with Gasteiger partial charge in [-0.15, -0.1) is 0 Å². The first-order chi connectivity index (χ1) is 15.6. The van der Waals surface area contributed by atoms with Gasteiger partial charge in [0.15, 0.2) is 0 Å². The molecule has 0 aliphatic heterocycles. The molecule has 5 rings (SSSR count). The van der Waals surface area contributed by atoms with Crippen LogP contribution in [0.1, 0.15) is 18.9 Å². The van der Waals surface area contributed by atoms with E-state index in [1.54, 1.807) is 12.1 Å². The number of allylic oxidation sites excluding steroid dienone is 2. The van der Waals surface area contributed by atoms with E-state index in [0.717, 1.165) is 17.4 Å². The van der Waals surface area contributed by atoms with Crippen molar-refractivity contribution in [1.29, 1.82) is 0 Å². The Bertz CT molecular complexity index is 1300. The number of aromatic nitrogens is 1. The van der Waals surface area contributed by atoms with Gasteiger partial charge in [-0.2, -0.15) is 18.2 Å². The lowest BCUT2D eigenvalue weighted by molar-refractivity contribution is -0.137. The first-order valence-corrected chi connectivity index (χ1v) is 11.3. The van der Waals surface area contributed by atoms with Crippen LogP contribution in [0.3, 0.4) is 0 Å². The van der Waals surface area contributed by atoms with Crippen LogP contribution < -0.4 is 5.06 Å². The normalized spacial score (nSPS) is 23.9. The summed E-state index contributed by atoms with van der Waals surface area (Å²) in [6.07, 6.45) is 0.0842. The lowest BCUT2D eigenvalue weighted by atomic mass is 9.80. The van der Waals surface area contributed by atoms with Gasteiger partial charge < -0.3 is 0 Å². The minimum absolute atomic E-state index is 0.00137. The molecule has 2 aliphatic rings. The lowest BCUT2D eigenvalue weighted by Crippen LogP contribution is -2.41. The maximum atomic E-state index is 13.4. The number of halogens is 3. The van der Waals surface area contributed by atoms with Crippen molar-refractivity contribution < 1.29 is 28.0 Å². The number of fused-ring (bicyclic) bond motifs is 3. The smallest absolute Gasteiger partial charge is 0.300 e. The van der Waals surface area contributed by atoms with Gasteiger partial charge in [0.2, 0.25) is 5.13 Å². The molecule has 1 amide bonds. The molecule has 2 aromatic carbocycles. The second-order valence-corrected chi connectivity index (χ2v) is 9.49. The first-order valence-electron chi connectivity index (χ1n) is 10.4. The van der Waals surface area contributed by atoms with Crippen molar-refractivity contribution >= 4 is 38.4 Å². The number of hydrogen-bond acceptors (Lipinski definition) is 5. The van der Waals surface area contributed by atoms with Crippen molar-refractivity contribution in [3.63, 3.8) is 0 Å². The van der Waals surface area contributed by atoms with Crippen LogP contribution in [-0.4, -0.2) is 21.9 Å². The van der Waals surface area contributed by atoms with Gasteiger partial charge in [-0.1, -0.05) is 47.8 Å². The number of thiazole rings is 1. The molecule has 2 unspecified atom stereocenters. The quantitative estimate of drug-likeness (QED) is 0.299. The van der Waals surface area contributed by atoms with Crippen LogP contribution >= 0.6 is 11.3 Å². The van der Waals surface area contributed by atoms with E-state index < -0.39 is 29.5 Å². The SMILES string of the molecule is CC(=O)[C@H]1C2C=CC(C2)[C@H]1C(=O)N(O)c1nc2ccc(-c3ccccc3C(F)(F)F)cc2s1. The monoisotopic (exact) mass is 472 g/mol. The molecule has 1 N–H and O–H groups in total. The fourth-order valence-corrected chi connectivity index (χ4v) is 6.02. The summed E-state index contributed by atoms with van der Waals surface area (Å²) in [4.78, 5) is 29.5. The zero-order valence-electron chi connectivity index (χ0n) is 17.4. The van der Waals surface area contributed by atoms with Gasteiger partial charge in [0, 0.05) is 5.92 Å². The number of Topliss-reactive ketones (excluding diaryl/α,β-unsaturated/α-hetero) is 1. The number of ketones is 1. The molecule has 3 aromatic rings. The molecule has 9 heteroatoms. The predicted molar refractivity (Wildman–Crippen MR) is 118 cm³/mol. The Hall–Kier alpha value is -3.04. The molecule has 2 aliphatic carbocycles. The Morgan fingerprint density at radius 1 is 1.09 bits per heavy atom. The number of rotatable bonds is 4. The van der Waals surface area contributed by atoms with E-state index in [2.05, 4.69) is 4.98 Å². The Kier molecular flexibility index (Phi) is 5.13. The van der Waals surface area contributed by atoms with E-state index in [1.165, 1.54) is 31.2 Å². The molecule has 5 nitrogen and oxygen atoms in total. The van der Waals surface area contributed by atoms with Crippen LogP contribution in [0.4, 0.5) is 18.3 Å². The third kappa shape index (κ3) is 3.65. The Labute approximate surface area is 191 Å². The van der Waals surface area contributed by atoms with Crippen molar-refractivity contribution in [3.8, 4) is 11.1 Å². The summed E-state index contributed by atoms with van der Waals surface area (Å²) in [6.45, 7) is 1.46. The second kappa shape index (κ2) is 7.78. The van der Waals surface area contributed by atoms with Crippen LogP contribution in [0, 0.1) is 23.7 Å². The summed E-state index contributed by atoms with van der Waals surface area (Å²) in [5.74, 6) is -1.90. The Balaban J connectivity index is 1.47. The van der Waals surface area contributed by atoms with Gasteiger partial charge >= 0.3 is 6.18 Å². The molecule has 4 atom stereocenters. The number of hydroxylamine groups is 1. The highest BCUT2D eigenvalue weighted by molar-refractivity contribution is 7.22. The minimum Gasteiger partial charge on any atom is -0.300 e. The minimum atomic E-state index is -4.50. The highest BCUT2D eigenvalue weighted by atomic mass is 32.1. The van der Waals surface area contributed by atoms with Gasteiger partial charge in [-0.25, -0.2) is 4.98 Å². The van der Waals surface area contributed by atoms with Crippen molar-refractivity contribution in [2.45, 2.75) is 19.5 Å². The molecular formula is C24H19F3N2O3S. The van der Waals surface area contributed by atoms with Gasteiger partial charge in [0.05, 0.1) is 21.7 Å². The Morgan fingerprint density at radius 2 is 1.79 bits per heavy atom. The predicted octanol–water partition coefficient (Wildman–Crippen LogP) is 5.73. The van der Waals surface area contributed by atoms with E-state index in [1.807, 2.05) is 12.2 Å². The number of anilines is 1. The zero-order chi connectivity index (χ0) is 23.5. The average molecular weight is 472 g/mol. The van der Waals surface area contributed by atoms with Gasteiger partial charge in [0.1, 0.15) is 5.78 Å². The molecule has 1 aromatic heterocycles. The van der Waals surface area contributed by atoms with Gasteiger partial charge in [-0.05, 0) is 54.5 Å². The fourth-order valence-electron chi connectivity index (χ4n) is 5.10. The highest BCUT2D eigenvalue weighted by Crippen LogP contribution is 2.49. The molecule has 1 heterocycles. The van der Waals surface area contributed by atoms with Crippen molar-refractivity contribution in [1.82, 2.24) is 4.98 Å². The third-order valence-corrected chi connectivity index (χ3v) is 7.52. The van der Waals surface area contributed by atoms with E-state index in [4.69, 9.17) is 0 Å². The van der Waals surface area contributed by atoms with Crippen molar-refractivity contribution in [3.05, 3.63) is 60.2 Å². The first kappa shape index (κ1) is 21.8. The largest absolute Gasteiger partial charge is 0.417 e. The van der Waals surface area contributed by atoms with Crippen LogP contribution in [-0.2, 0) is 15.8 Å². The molecule has 170 valence electrons. The summed E-state index contributed by atoms with van der Waals surface area (Å²) in [6, 6.07) is 9.97. The van der Waals surface area contributed by atoms with Gasteiger partial charge in [-0.3, -0.25) is 14.8 Å². The van der Waals surface area contributed by atoms with Crippen LogP contribution in [0.2, 0.25) is 0 Å². The maximum Gasteiger partial charge on any atom is 0.417 e. The summed E-state index contributed by atoms with van der Waals surface area (Å²) >= 11 is 1.00. The standard InChI is InChI=1S/C24H19F3N2O3S/c1-12(30)20-14-6-7-15(10-14)21(20)22(31)29(32)23-28-18-9-8-13(11-19(18)33-23)16-4-2-3-5-17(16)24(25,26)27/h2-9,11,14-15,20-21,32H,10H2,1H3/t14?,15?,20-,21+/m0/s1. The number of amides is 1. The number of hydrogen-bond donors (Lipinski definition) is 1. The topological polar surface area (TPSA) is 70.5 Å². The van der Waals surface area contributed by atoms with E-state index in [0.29, 0.717) is 27.3 Å². The number of nitrogens with zero attached hydrogens (tertiary/aromatic N) is 2.